The first kappa shape index (κ1) is 17.0. The predicted molar refractivity (Wildman–Crippen MR) is 83.5 cm³/mol. The van der Waals surface area contributed by atoms with Crippen LogP contribution >= 0.6 is 11.3 Å². The summed E-state index contributed by atoms with van der Waals surface area (Å²) in [6, 6.07) is 3.30. The lowest BCUT2D eigenvalue weighted by Crippen LogP contribution is -2.26. The van der Waals surface area contributed by atoms with Gasteiger partial charge in [0.25, 0.3) is 5.91 Å². The van der Waals surface area contributed by atoms with Crippen LogP contribution in [0.1, 0.15) is 17.4 Å². The second-order valence-corrected chi connectivity index (χ2v) is 5.34. The Morgan fingerprint density at radius 2 is 2.00 bits per heavy atom. The van der Waals surface area contributed by atoms with E-state index in [-0.39, 0.29) is 16.4 Å². The largest absolute Gasteiger partial charge is 0.504 e. The molecule has 0 fully saturated rings. The van der Waals surface area contributed by atoms with Crippen LogP contribution in [0.15, 0.2) is 28.7 Å². The van der Waals surface area contributed by atoms with Gasteiger partial charge in [-0.05, 0) is 12.1 Å². The molecule has 0 aliphatic rings. The maximum Gasteiger partial charge on any atom is 0.352 e. The zero-order valence-corrected chi connectivity index (χ0v) is 12.7. The van der Waals surface area contributed by atoms with E-state index in [0.29, 0.717) is 0 Å². The number of rotatable bonds is 6. The molecule has 0 saturated carbocycles. The smallest absolute Gasteiger partial charge is 0.352 e. The van der Waals surface area contributed by atoms with Gasteiger partial charge in [0.05, 0.1) is 0 Å². The molecule has 0 aliphatic carbocycles. The predicted octanol–water partition coefficient (Wildman–Crippen LogP) is 0.168. The van der Waals surface area contributed by atoms with E-state index in [9.17, 15) is 24.9 Å². The monoisotopic (exact) mass is 352 g/mol. The van der Waals surface area contributed by atoms with Crippen molar-refractivity contribution in [1.29, 1.82) is 0 Å². The van der Waals surface area contributed by atoms with E-state index in [1.54, 1.807) is 0 Å². The van der Waals surface area contributed by atoms with Gasteiger partial charge in [-0.3, -0.25) is 4.79 Å². The number of hydrogen-bond donors (Lipinski definition) is 5. The number of phenolic OH excluding ortho intramolecular Hbond substituents is 2. The number of hydrogen-bond acceptors (Lipinski definition) is 9. The number of thiazole rings is 1. The van der Waals surface area contributed by atoms with E-state index in [1.165, 1.54) is 11.4 Å². The number of aliphatic carboxylic acids is 1. The summed E-state index contributed by atoms with van der Waals surface area (Å²) in [4.78, 5) is 31.5. The van der Waals surface area contributed by atoms with Gasteiger partial charge in [-0.15, -0.1) is 11.3 Å². The SMILES string of the molecule is NC(=O)/C(=N\O[C@H](C(=O)O)c1ccc(O)c(O)c1)c1csc(N)n1. The second kappa shape index (κ2) is 6.83. The Bertz CT molecular complexity index is 819. The minimum absolute atomic E-state index is 0.0110. The number of carboxylic acid groups (broad SMARTS) is 1. The van der Waals surface area contributed by atoms with Gasteiger partial charge < -0.3 is 31.6 Å². The van der Waals surface area contributed by atoms with Crippen molar-refractivity contribution >= 4 is 34.1 Å². The molecule has 1 aromatic heterocycles. The number of primary amides is 1. The van der Waals surface area contributed by atoms with Crippen molar-refractivity contribution in [3.05, 3.63) is 34.8 Å². The van der Waals surface area contributed by atoms with E-state index < -0.39 is 35.2 Å². The van der Waals surface area contributed by atoms with E-state index in [0.717, 1.165) is 23.5 Å². The highest BCUT2D eigenvalue weighted by Gasteiger charge is 2.24. The number of nitrogen functional groups attached to an aromatic ring is 1. The number of anilines is 1. The molecule has 24 heavy (non-hydrogen) atoms. The molecule has 1 atom stereocenters. The van der Waals surface area contributed by atoms with Gasteiger partial charge in [0.2, 0.25) is 6.10 Å². The number of aromatic nitrogens is 1. The van der Waals surface area contributed by atoms with Gasteiger partial charge in [0, 0.05) is 10.9 Å². The van der Waals surface area contributed by atoms with Crippen LogP contribution in [0.3, 0.4) is 0 Å². The van der Waals surface area contributed by atoms with Crippen LogP contribution in [0.4, 0.5) is 5.13 Å². The molecular weight excluding hydrogens is 340 g/mol. The van der Waals surface area contributed by atoms with Crippen LogP contribution in [0, 0.1) is 0 Å². The molecule has 0 saturated heterocycles. The third-order valence-electron chi connectivity index (χ3n) is 2.77. The van der Waals surface area contributed by atoms with Gasteiger partial charge in [-0.2, -0.15) is 0 Å². The zero-order chi connectivity index (χ0) is 17.9. The van der Waals surface area contributed by atoms with Crippen LogP contribution < -0.4 is 11.5 Å². The van der Waals surface area contributed by atoms with E-state index in [2.05, 4.69) is 10.1 Å². The summed E-state index contributed by atoms with van der Waals surface area (Å²) in [6.07, 6.45) is -1.65. The maximum atomic E-state index is 11.4. The number of carbonyl (C=O) groups is 2. The Balaban J connectivity index is 2.33. The molecule has 10 nitrogen and oxygen atoms in total. The summed E-state index contributed by atoms with van der Waals surface area (Å²) < 4.78 is 0. The van der Waals surface area contributed by atoms with Crippen LogP contribution in [-0.4, -0.2) is 37.9 Å². The van der Waals surface area contributed by atoms with Gasteiger partial charge >= 0.3 is 5.97 Å². The molecule has 1 heterocycles. The second-order valence-electron chi connectivity index (χ2n) is 4.45. The number of carbonyl (C=O) groups excluding carboxylic acids is 1. The van der Waals surface area contributed by atoms with Crippen molar-refractivity contribution in [2.75, 3.05) is 5.73 Å². The highest BCUT2D eigenvalue weighted by atomic mass is 32.1. The molecule has 0 bridgehead atoms. The van der Waals surface area contributed by atoms with Crippen molar-refractivity contribution < 1.29 is 29.7 Å². The normalized spacial score (nSPS) is 12.6. The van der Waals surface area contributed by atoms with Crippen molar-refractivity contribution in [2.24, 2.45) is 10.9 Å². The third kappa shape index (κ3) is 3.70. The lowest BCUT2D eigenvalue weighted by atomic mass is 10.1. The fourth-order valence-corrected chi connectivity index (χ4v) is 2.22. The molecule has 0 spiro atoms. The van der Waals surface area contributed by atoms with E-state index in [1.807, 2.05) is 0 Å². The Hall–Kier alpha value is -3.34. The Morgan fingerprint density at radius 1 is 1.29 bits per heavy atom. The minimum Gasteiger partial charge on any atom is -0.504 e. The summed E-state index contributed by atoms with van der Waals surface area (Å²) in [5, 5.41) is 33.0. The molecule has 2 rings (SSSR count). The quantitative estimate of drug-likeness (QED) is 0.277. The summed E-state index contributed by atoms with van der Waals surface area (Å²) >= 11 is 1.04. The lowest BCUT2D eigenvalue weighted by Gasteiger charge is -2.12. The van der Waals surface area contributed by atoms with Crippen molar-refractivity contribution in [3.63, 3.8) is 0 Å². The average Bonchev–Trinajstić information content (AvgIpc) is 2.92. The molecule has 2 aromatic rings. The van der Waals surface area contributed by atoms with Gasteiger partial charge in [-0.25, -0.2) is 9.78 Å². The number of aromatic hydroxyl groups is 2. The first-order valence-electron chi connectivity index (χ1n) is 6.29. The molecule has 126 valence electrons. The van der Waals surface area contributed by atoms with Crippen molar-refractivity contribution in [2.45, 2.75) is 6.10 Å². The summed E-state index contributed by atoms with van der Waals surface area (Å²) in [5.41, 5.74) is 10.3. The Kier molecular flexibility index (Phi) is 4.84. The standard InChI is InChI=1S/C13H12N4O6S/c14-11(20)9(6-4-24-13(15)16-6)17-23-10(12(21)22)5-1-2-7(18)8(19)3-5/h1-4,10,18-19H,(H2,14,20)(H2,15,16)(H,21,22)/b17-9-/t10-/m0/s1. The number of benzene rings is 1. The molecule has 0 aliphatic heterocycles. The fourth-order valence-electron chi connectivity index (χ4n) is 1.67. The lowest BCUT2D eigenvalue weighted by molar-refractivity contribution is -0.151. The summed E-state index contributed by atoms with van der Waals surface area (Å²) in [5.74, 6) is -3.39. The summed E-state index contributed by atoms with van der Waals surface area (Å²) in [6.45, 7) is 0. The molecule has 0 radical (unpaired) electrons. The number of nitrogens with two attached hydrogens (primary N) is 2. The zero-order valence-electron chi connectivity index (χ0n) is 11.9. The van der Waals surface area contributed by atoms with Crippen LogP contribution in [-0.2, 0) is 14.4 Å². The van der Waals surface area contributed by atoms with Crippen LogP contribution in [0.5, 0.6) is 11.5 Å². The number of carboxylic acids is 1. The molecule has 1 amide bonds. The third-order valence-corrected chi connectivity index (χ3v) is 3.45. The Morgan fingerprint density at radius 3 is 2.50 bits per heavy atom. The summed E-state index contributed by atoms with van der Waals surface area (Å²) in [7, 11) is 0. The van der Waals surface area contributed by atoms with Crippen molar-refractivity contribution in [3.8, 4) is 11.5 Å². The van der Waals surface area contributed by atoms with Gasteiger partial charge in [0.15, 0.2) is 22.3 Å². The van der Waals surface area contributed by atoms with Crippen LogP contribution in [0.2, 0.25) is 0 Å². The molecule has 0 unspecified atom stereocenters. The van der Waals surface area contributed by atoms with Gasteiger partial charge in [-0.1, -0.05) is 11.2 Å². The van der Waals surface area contributed by atoms with Crippen molar-refractivity contribution in [1.82, 2.24) is 4.98 Å². The molecule has 11 heteroatoms. The van der Waals surface area contributed by atoms with Crippen LogP contribution in [0.25, 0.3) is 0 Å². The minimum atomic E-state index is -1.65. The first-order valence-corrected chi connectivity index (χ1v) is 7.17. The number of phenols is 2. The number of oxime groups is 1. The van der Waals surface area contributed by atoms with Gasteiger partial charge in [0.1, 0.15) is 5.69 Å². The number of amides is 1. The number of nitrogens with zero attached hydrogens (tertiary/aromatic N) is 2. The maximum absolute atomic E-state index is 11.4. The van der Waals surface area contributed by atoms with E-state index in [4.69, 9.17) is 16.3 Å². The molecule has 1 aromatic carbocycles. The average molecular weight is 352 g/mol. The highest BCUT2D eigenvalue weighted by molar-refractivity contribution is 7.13. The molecular formula is C13H12N4O6S. The van der Waals surface area contributed by atoms with E-state index >= 15 is 0 Å². The Labute approximate surface area is 138 Å². The fraction of sp³-hybridized carbons (Fsp3) is 0.0769. The highest BCUT2D eigenvalue weighted by Crippen LogP contribution is 2.29. The first-order chi connectivity index (χ1) is 11.3. The topological polar surface area (TPSA) is 181 Å². The molecule has 7 N–H and O–H groups in total.